The van der Waals surface area contributed by atoms with Crippen LogP contribution in [0.4, 0.5) is 8.78 Å². The Kier molecular flexibility index (Phi) is 7.41. The summed E-state index contributed by atoms with van der Waals surface area (Å²) < 4.78 is 38.5. The Morgan fingerprint density at radius 2 is 2.08 bits per heavy atom. The van der Waals surface area contributed by atoms with Gasteiger partial charge < -0.3 is 16.2 Å². The van der Waals surface area contributed by atoms with E-state index in [1.54, 1.807) is 19.1 Å². The molecule has 1 aliphatic heterocycles. The van der Waals surface area contributed by atoms with Crippen LogP contribution in [0.3, 0.4) is 0 Å². The van der Waals surface area contributed by atoms with Crippen molar-refractivity contribution in [2.45, 2.75) is 63.6 Å². The molecule has 2 aromatic rings. The van der Waals surface area contributed by atoms with E-state index in [9.17, 15) is 4.79 Å². The number of benzene rings is 1. The Hall–Kier alpha value is -3.77. The number of likely N-dealkylation sites (tertiary alicyclic amines) is 1. The molecule has 1 aromatic heterocycles. The van der Waals surface area contributed by atoms with Crippen LogP contribution >= 0.6 is 0 Å². The third-order valence-corrected chi connectivity index (χ3v) is 7.89. The smallest absolute Gasteiger partial charge is 0.316 e. The number of ether oxygens (including phenoxy) is 1. The molecule has 1 amide bonds. The van der Waals surface area contributed by atoms with Gasteiger partial charge in [-0.3, -0.25) is 9.69 Å². The van der Waals surface area contributed by atoms with Crippen molar-refractivity contribution in [1.29, 1.82) is 0 Å². The number of aromatic nitrogens is 2. The van der Waals surface area contributed by atoms with Gasteiger partial charge in [0.25, 0.3) is 5.91 Å². The highest BCUT2D eigenvalue weighted by atomic mass is 19.1. The summed E-state index contributed by atoms with van der Waals surface area (Å²) in [4.78, 5) is 22.8. The number of rotatable bonds is 8. The summed E-state index contributed by atoms with van der Waals surface area (Å²) in [6, 6.07) is 4.79. The zero-order valence-corrected chi connectivity index (χ0v) is 22.3. The Morgan fingerprint density at radius 3 is 2.79 bits per heavy atom. The lowest BCUT2D eigenvalue weighted by Gasteiger charge is -2.32. The van der Waals surface area contributed by atoms with Crippen LogP contribution in [-0.4, -0.2) is 46.5 Å². The highest BCUT2D eigenvalue weighted by Crippen LogP contribution is 2.50. The summed E-state index contributed by atoms with van der Waals surface area (Å²) in [5.41, 5.74) is 11.1. The maximum atomic E-state index is 16.9. The summed E-state index contributed by atoms with van der Waals surface area (Å²) in [6.45, 7) is 5.56. The van der Waals surface area contributed by atoms with Gasteiger partial charge in [-0.15, -0.1) is 5.92 Å². The van der Waals surface area contributed by atoms with Crippen molar-refractivity contribution < 1.29 is 18.3 Å². The van der Waals surface area contributed by atoms with Crippen LogP contribution in [0.25, 0.3) is 5.57 Å². The molecule has 2 fully saturated rings. The molecular formula is C30H33F2N5O2. The highest BCUT2D eigenvalue weighted by molar-refractivity contribution is 5.96. The molecule has 4 N–H and O–H groups in total. The molecule has 0 radical (unpaired) electrons. The number of nitrogens with zero attached hydrogens (tertiary/aromatic N) is 3. The molecular weight excluding hydrogens is 500 g/mol. The molecule has 1 saturated carbocycles. The third-order valence-electron chi connectivity index (χ3n) is 7.89. The molecule has 2 atom stereocenters. The van der Waals surface area contributed by atoms with Crippen molar-refractivity contribution in [3.63, 3.8) is 0 Å². The largest absolute Gasteiger partial charge is 0.462 e. The predicted octanol–water partition coefficient (Wildman–Crippen LogP) is 4.34. The molecule has 39 heavy (non-hydrogen) atoms. The van der Waals surface area contributed by atoms with Crippen molar-refractivity contribution in [2.24, 2.45) is 11.5 Å². The lowest BCUT2D eigenvalue weighted by atomic mass is 9.78. The van der Waals surface area contributed by atoms with Crippen LogP contribution in [0, 0.1) is 17.7 Å². The van der Waals surface area contributed by atoms with E-state index >= 15 is 8.78 Å². The molecule has 0 bridgehead atoms. The van der Waals surface area contributed by atoms with Gasteiger partial charge in [0.05, 0.1) is 23.5 Å². The summed E-state index contributed by atoms with van der Waals surface area (Å²) >= 11 is 0. The Bertz CT molecular complexity index is 1420. The Balaban J connectivity index is 1.48. The summed E-state index contributed by atoms with van der Waals surface area (Å²) in [5, 5.41) is 0. The van der Waals surface area contributed by atoms with Gasteiger partial charge in [0.1, 0.15) is 12.4 Å². The van der Waals surface area contributed by atoms with Crippen LogP contribution in [0.1, 0.15) is 79.0 Å². The zero-order valence-electron chi connectivity index (χ0n) is 22.3. The van der Waals surface area contributed by atoms with Crippen LogP contribution in [-0.2, 0) is 5.67 Å². The number of hydrogen-bond donors (Lipinski definition) is 2. The fourth-order valence-electron chi connectivity index (χ4n) is 5.54. The van der Waals surface area contributed by atoms with Gasteiger partial charge in [-0.25, -0.2) is 13.8 Å². The summed E-state index contributed by atoms with van der Waals surface area (Å²) in [5.74, 6) is 4.47. The molecule has 9 heteroatoms. The van der Waals surface area contributed by atoms with Gasteiger partial charge in [-0.05, 0) is 75.3 Å². The number of carbonyl (C=O) groups excluding carboxylic acids is 1. The first-order chi connectivity index (χ1) is 18.7. The topological polar surface area (TPSA) is 107 Å². The number of halogens is 2. The standard InChI is InChI=1S/C30H33F2N5O2/c1-3-4-15-37-16-5-6-20(37)17-39-29-35-14-12-23(36-29)30(32)13-11-18(2)24(27(30)33)25-21(19-7-8-19)9-10-22(26(25)31)28(34)38/h9-12,14,19-20H,5-8,13,15-17,33H2,1-2H3,(H2,34,38). The maximum Gasteiger partial charge on any atom is 0.316 e. The molecule has 7 nitrogen and oxygen atoms in total. The average molecular weight is 534 g/mol. The number of amides is 1. The van der Waals surface area contributed by atoms with E-state index in [0.717, 1.165) is 32.2 Å². The second kappa shape index (κ2) is 10.8. The van der Waals surface area contributed by atoms with Gasteiger partial charge in [-0.2, -0.15) is 4.98 Å². The van der Waals surface area contributed by atoms with E-state index < -0.39 is 17.4 Å². The number of allylic oxidation sites excluding steroid dienone is 4. The van der Waals surface area contributed by atoms with E-state index in [1.807, 2.05) is 6.92 Å². The SMILES string of the molecule is CC#CCN1CCCC1COc1nccc(C2(F)CC=C(C)C(c3c(C4CC4)ccc(C(N)=O)c3F)=C2N)n1. The van der Waals surface area contributed by atoms with Crippen LogP contribution in [0.5, 0.6) is 6.01 Å². The fourth-order valence-corrected chi connectivity index (χ4v) is 5.54. The summed E-state index contributed by atoms with van der Waals surface area (Å²) in [6.07, 6.45) is 6.85. The first-order valence-electron chi connectivity index (χ1n) is 13.3. The van der Waals surface area contributed by atoms with Crippen LogP contribution < -0.4 is 16.2 Å². The number of carbonyl (C=O) groups is 1. The van der Waals surface area contributed by atoms with Gasteiger partial charge in [-0.1, -0.05) is 18.1 Å². The van der Waals surface area contributed by atoms with Gasteiger partial charge >= 0.3 is 6.01 Å². The van der Waals surface area contributed by atoms with E-state index in [4.69, 9.17) is 16.2 Å². The van der Waals surface area contributed by atoms with E-state index in [2.05, 4.69) is 26.7 Å². The lowest BCUT2D eigenvalue weighted by Crippen LogP contribution is -2.35. The van der Waals surface area contributed by atoms with E-state index in [1.165, 1.54) is 18.3 Å². The minimum atomic E-state index is -2.22. The highest BCUT2D eigenvalue weighted by Gasteiger charge is 2.43. The second-order valence-corrected chi connectivity index (χ2v) is 10.4. The fraction of sp³-hybridized carbons (Fsp3) is 0.433. The molecule has 1 aromatic carbocycles. The van der Waals surface area contributed by atoms with Crippen molar-refractivity contribution >= 4 is 11.5 Å². The molecule has 2 heterocycles. The average Bonchev–Trinajstić information content (AvgIpc) is 3.67. The Morgan fingerprint density at radius 1 is 1.28 bits per heavy atom. The number of hydrogen-bond acceptors (Lipinski definition) is 6. The second-order valence-electron chi connectivity index (χ2n) is 10.4. The lowest BCUT2D eigenvalue weighted by molar-refractivity contribution is 0.0996. The van der Waals surface area contributed by atoms with Crippen molar-refractivity contribution in [3.05, 3.63) is 69.9 Å². The molecule has 2 unspecified atom stereocenters. The number of primary amides is 1. The minimum Gasteiger partial charge on any atom is -0.462 e. The first kappa shape index (κ1) is 26.8. The normalized spacial score (nSPS) is 23.3. The molecule has 3 aliphatic rings. The number of alkyl halides is 1. The first-order valence-corrected chi connectivity index (χ1v) is 13.3. The van der Waals surface area contributed by atoms with Crippen molar-refractivity contribution in [2.75, 3.05) is 19.7 Å². The molecule has 204 valence electrons. The quantitative estimate of drug-likeness (QED) is 0.489. The van der Waals surface area contributed by atoms with Crippen molar-refractivity contribution in [1.82, 2.24) is 14.9 Å². The summed E-state index contributed by atoms with van der Waals surface area (Å²) in [7, 11) is 0. The van der Waals surface area contributed by atoms with Crippen LogP contribution in [0.2, 0.25) is 0 Å². The van der Waals surface area contributed by atoms with Gasteiger partial charge in [0, 0.05) is 29.8 Å². The molecule has 0 spiro atoms. The molecule has 1 saturated heterocycles. The number of nitrogens with two attached hydrogens (primary N) is 2. The Labute approximate surface area is 227 Å². The molecule has 2 aliphatic carbocycles. The van der Waals surface area contributed by atoms with Crippen LogP contribution in [0.15, 0.2) is 41.7 Å². The van der Waals surface area contributed by atoms with Gasteiger partial charge in [0.15, 0.2) is 5.67 Å². The van der Waals surface area contributed by atoms with E-state index in [-0.39, 0.29) is 52.5 Å². The minimum absolute atomic E-state index is 0.0332. The van der Waals surface area contributed by atoms with E-state index in [0.29, 0.717) is 24.3 Å². The zero-order chi connectivity index (χ0) is 27.7. The maximum absolute atomic E-state index is 16.9. The molecule has 5 rings (SSSR count). The third kappa shape index (κ3) is 5.13. The van der Waals surface area contributed by atoms with Crippen molar-refractivity contribution in [3.8, 4) is 17.9 Å². The monoisotopic (exact) mass is 533 g/mol. The predicted molar refractivity (Wildman–Crippen MR) is 145 cm³/mol. The van der Waals surface area contributed by atoms with Gasteiger partial charge in [0.2, 0.25) is 0 Å².